The minimum Gasteiger partial charge on any atom is -0.478 e. The molecule has 0 saturated carbocycles. The summed E-state index contributed by atoms with van der Waals surface area (Å²) in [5.74, 6) is -1.37. The first-order valence-electron chi connectivity index (χ1n) is 5.61. The predicted octanol–water partition coefficient (Wildman–Crippen LogP) is 0.697. The lowest BCUT2D eigenvalue weighted by atomic mass is 10.2. The van der Waals surface area contributed by atoms with Crippen molar-refractivity contribution in [1.82, 2.24) is 0 Å². The summed E-state index contributed by atoms with van der Waals surface area (Å²) in [5.41, 5.74) is 6.60. The third-order valence-electron chi connectivity index (χ3n) is 2.36. The number of ether oxygens (including phenoxy) is 1. The normalized spacial score (nSPS) is 12.3. The van der Waals surface area contributed by atoms with Crippen molar-refractivity contribution in [3.63, 3.8) is 0 Å². The Kier molecular flexibility index (Phi) is 5.72. The highest BCUT2D eigenvalue weighted by atomic mass is 16.5. The van der Waals surface area contributed by atoms with E-state index in [1.54, 1.807) is 24.3 Å². The lowest BCUT2D eigenvalue weighted by Crippen LogP contribution is -2.35. The van der Waals surface area contributed by atoms with Crippen molar-refractivity contribution in [3.05, 3.63) is 35.9 Å². The number of aliphatic carboxylic acids is 1. The third-order valence-corrected chi connectivity index (χ3v) is 2.36. The first-order chi connectivity index (χ1) is 9.06. The molecule has 102 valence electrons. The summed E-state index contributed by atoms with van der Waals surface area (Å²) in [7, 11) is 1.41. The van der Waals surface area contributed by atoms with E-state index in [1.165, 1.54) is 13.2 Å². The first kappa shape index (κ1) is 14.9. The van der Waals surface area contributed by atoms with E-state index in [2.05, 4.69) is 5.32 Å². The number of anilines is 1. The van der Waals surface area contributed by atoms with Crippen LogP contribution in [0.3, 0.4) is 0 Å². The van der Waals surface area contributed by atoms with Gasteiger partial charge in [-0.15, -0.1) is 0 Å². The topological polar surface area (TPSA) is 102 Å². The van der Waals surface area contributed by atoms with Gasteiger partial charge in [-0.25, -0.2) is 4.79 Å². The van der Waals surface area contributed by atoms with Crippen molar-refractivity contribution in [2.24, 2.45) is 5.73 Å². The Morgan fingerprint density at radius 2 is 2.26 bits per heavy atom. The molecule has 1 rings (SSSR count). The van der Waals surface area contributed by atoms with Gasteiger partial charge in [0.25, 0.3) is 5.91 Å². The van der Waals surface area contributed by atoms with Crippen LogP contribution in [0.15, 0.2) is 30.3 Å². The first-order valence-corrected chi connectivity index (χ1v) is 5.61. The van der Waals surface area contributed by atoms with Gasteiger partial charge in [0.1, 0.15) is 6.10 Å². The predicted molar refractivity (Wildman–Crippen MR) is 71.6 cm³/mol. The van der Waals surface area contributed by atoms with E-state index in [9.17, 15) is 9.59 Å². The maximum Gasteiger partial charge on any atom is 0.328 e. The summed E-state index contributed by atoms with van der Waals surface area (Å²) in [6, 6.07) is 6.78. The molecular weight excluding hydrogens is 248 g/mol. The number of hydrogen-bond donors (Lipinski definition) is 3. The minimum absolute atomic E-state index is 0.0843. The van der Waals surface area contributed by atoms with Gasteiger partial charge in [-0.2, -0.15) is 0 Å². The van der Waals surface area contributed by atoms with E-state index in [0.717, 1.165) is 6.08 Å². The third kappa shape index (κ3) is 4.90. The number of nitrogens with one attached hydrogen (secondary N) is 1. The zero-order chi connectivity index (χ0) is 14.3. The van der Waals surface area contributed by atoms with Crippen molar-refractivity contribution >= 4 is 23.6 Å². The van der Waals surface area contributed by atoms with Crippen LogP contribution in [0.5, 0.6) is 0 Å². The van der Waals surface area contributed by atoms with Gasteiger partial charge >= 0.3 is 5.97 Å². The highest BCUT2D eigenvalue weighted by molar-refractivity contribution is 5.94. The molecule has 0 aliphatic carbocycles. The van der Waals surface area contributed by atoms with E-state index in [4.69, 9.17) is 15.6 Å². The van der Waals surface area contributed by atoms with Gasteiger partial charge < -0.3 is 20.9 Å². The average molecular weight is 264 g/mol. The fraction of sp³-hybridized carbons (Fsp3) is 0.231. The number of nitrogens with two attached hydrogens (primary N) is 1. The lowest BCUT2D eigenvalue weighted by molar-refractivity contribution is -0.131. The molecule has 1 amide bonds. The number of benzene rings is 1. The van der Waals surface area contributed by atoms with Crippen LogP contribution in [0.25, 0.3) is 6.08 Å². The molecule has 0 spiro atoms. The Labute approximate surface area is 110 Å². The van der Waals surface area contributed by atoms with Gasteiger partial charge in [0, 0.05) is 25.4 Å². The Hall–Kier alpha value is -2.18. The molecule has 0 fully saturated rings. The van der Waals surface area contributed by atoms with Gasteiger partial charge in [0.15, 0.2) is 0 Å². The van der Waals surface area contributed by atoms with Gasteiger partial charge in [-0.05, 0) is 23.8 Å². The molecule has 4 N–H and O–H groups in total. The highest BCUT2D eigenvalue weighted by Crippen LogP contribution is 2.12. The largest absolute Gasteiger partial charge is 0.478 e. The van der Waals surface area contributed by atoms with Crippen LogP contribution in [-0.4, -0.2) is 36.7 Å². The maximum absolute atomic E-state index is 11.7. The summed E-state index contributed by atoms with van der Waals surface area (Å²) in [5, 5.41) is 11.2. The summed E-state index contributed by atoms with van der Waals surface area (Å²) >= 11 is 0. The Morgan fingerprint density at radius 1 is 1.53 bits per heavy atom. The van der Waals surface area contributed by atoms with Crippen molar-refractivity contribution in [2.75, 3.05) is 19.0 Å². The number of carbonyl (C=O) groups is 2. The van der Waals surface area contributed by atoms with Gasteiger partial charge in [-0.3, -0.25) is 4.79 Å². The van der Waals surface area contributed by atoms with Crippen LogP contribution < -0.4 is 11.1 Å². The van der Waals surface area contributed by atoms with Crippen LogP contribution in [0.2, 0.25) is 0 Å². The van der Waals surface area contributed by atoms with E-state index in [1.807, 2.05) is 0 Å². The molecule has 6 nitrogen and oxygen atoms in total. The molecule has 0 saturated heterocycles. The molecule has 1 aromatic rings. The minimum atomic E-state index is -1.03. The number of rotatable bonds is 6. The van der Waals surface area contributed by atoms with Crippen LogP contribution in [-0.2, 0) is 14.3 Å². The summed E-state index contributed by atoms with van der Waals surface area (Å²) in [4.78, 5) is 22.1. The molecule has 0 aliphatic heterocycles. The number of methoxy groups -OCH3 is 1. The number of amides is 1. The van der Waals surface area contributed by atoms with E-state index in [-0.39, 0.29) is 12.5 Å². The zero-order valence-electron chi connectivity index (χ0n) is 10.5. The summed E-state index contributed by atoms with van der Waals surface area (Å²) in [6.45, 7) is 0.0843. The molecular formula is C13H16N2O4. The number of carboxylic acid groups (broad SMARTS) is 1. The van der Waals surface area contributed by atoms with Gasteiger partial charge in [0.2, 0.25) is 0 Å². The molecule has 19 heavy (non-hydrogen) atoms. The SMILES string of the molecule is COC(CN)C(=O)Nc1cccc(/C=C/C(=O)O)c1. The second-order valence-electron chi connectivity index (χ2n) is 3.75. The van der Waals surface area contributed by atoms with E-state index < -0.39 is 12.1 Å². The van der Waals surface area contributed by atoms with Crippen LogP contribution >= 0.6 is 0 Å². The number of carbonyl (C=O) groups excluding carboxylic acids is 1. The van der Waals surface area contributed by atoms with Crippen LogP contribution in [0.4, 0.5) is 5.69 Å². The molecule has 0 aromatic heterocycles. The lowest BCUT2D eigenvalue weighted by Gasteiger charge is -2.13. The summed E-state index contributed by atoms with van der Waals surface area (Å²) < 4.78 is 4.91. The molecule has 0 aliphatic rings. The van der Waals surface area contributed by atoms with Crippen molar-refractivity contribution in [3.8, 4) is 0 Å². The van der Waals surface area contributed by atoms with E-state index in [0.29, 0.717) is 11.3 Å². The molecule has 0 heterocycles. The summed E-state index contributed by atoms with van der Waals surface area (Å²) in [6.07, 6.45) is 1.76. The second kappa shape index (κ2) is 7.30. The maximum atomic E-state index is 11.7. The number of hydrogen-bond acceptors (Lipinski definition) is 4. The number of carboxylic acids is 1. The molecule has 0 bridgehead atoms. The second-order valence-corrected chi connectivity index (χ2v) is 3.75. The Bertz CT molecular complexity index is 481. The van der Waals surface area contributed by atoms with Gasteiger partial charge in [-0.1, -0.05) is 12.1 Å². The van der Waals surface area contributed by atoms with Crippen LogP contribution in [0, 0.1) is 0 Å². The highest BCUT2D eigenvalue weighted by Gasteiger charge is 2.15. The van der Waals surface area contributed by atoms with Crippen molar-refractivity contribution < 1.29 is 19.4 Å². The van der Waals surface area contributed by atoms with Gasteiger partial charge in [0.05, 0.1) is 0 Å². The monoisotopic (exact) mass is 264 g/mol. The smallest absolute Gasteiger partial charge is 0.328 e. The molecule has 1 aromatic carbocycles. The fourth-order valence-electron chi connectivity index (χ4n) is 1.42. The quantitative estimate of drug-likeness (QED) is 0.656. The Morgan fingerprint density at radius 3 is 2.84 bits per heavy atom. The van der Waals surface area contributed by atoms with Crippen molar-refractivity contribution in [2.45, 2.75) is 6.10 Å². The molecule has 6 heteroatoms. The van der Waals surface area contributed by atoms with E-state index >= 15 is 0 Å². The van der Waals surface area contributed by atoms with Crippen LogP contribution in [0.1, 0.15) is 5.56 Å². The Balaban J connectivity index is 2.77. The standard InChI is InChI=1S/C13H16N2O4/c1-19-11(8-14)13(18)15-10-4-2-3-9(7-10)5-6-12(16)17/h2-7,11H,8,14H2,1H3,(H,15,18)(H,16,17)/b6-5+. The fourth-order valence-corrected chi connectivity index (χ4v) is 1.42. The molecule has 1 atom stereocenters. The zero-order valence-corrected chi connectivity index (χ0v) is 10.5. The average Bonchev–Trinajstić information content (AvgIpc) is 2.38. The van der Waals surface area contributed by atoms with Crippen molar-refractivity contribution in [1.29, 1.82) is 0 Å². The molecule has 1 unspecified atom stereocenters. The molecule has 0 radical (unpaired) electrons.